The smallest absolute Gasteiger partial charge is 0.242 e. The highest BCUT2D eigenvalue weighted by molar-refractivity contribution is 7.89. The van der Waals surface area contributed by atoms with Crippen LogP contribution in [0.1, 0.15) is 19.8 Å². The molecule has 0 radical (unpaired) electrons. The summed E-state index contributed by atoms with van der Waals surface area (Å²) in [6.07, 6.45) is 3.98. The van der Waals surface area contributed by atoms with Gasteiger partial charge in [-0.25, -0.2) is 13.1 Å². The van der Waals surface area contributed by atoms with Crippen LogP contribution in [-0.2, 0) is 10.0 Å². The first kappa shape index (κ1) is 14.3. The van der Waals surface area contributed by atoms with Crippen molar-refractivity contribution in [3.8, 4) is 0 Å². The normalized spacial score (nSPS) is 17.0. The molecule has 3 N–H and O–H groups in total. The van der Waals surface area contributed by atoms with Crippen LogP contribution in [0.5, 0.6) is 0 Å². The van der Waals surface area contributed by atoms with E-state index < -0.39 is 10.0 Å². The SMILES string of the molecule is CC(CNS(=O)(=O)c1ccc(N)c2cccnc12)C1CC1. The number of aromatic nitrogens is 1. The van der Waals surface area contributed by atoms with Crippen LogP contribution in [0.2, 0.25) is 0 Å². The third-order valence-corrected chi connectivity index (χ3v) is 5.53. The van der Waals surface area contributed by atoms with Crippen LogP contribution in [0.4, 0.5) is 5.69 Å². The molecule has 1 fully saturated rings. The number of fused-ring (bicyclic) bond motifs is 1. The van der Waals surface area contributed by atoms with Gasteiger partial charge >= 0.3 is 0 Å². The Balaban J connectivity index is 1.93. The predicted octanol–water partition coefficient (Wildman–Crippen LogP) is 2.14. The van der Waals surface area contributed by atoms with Crippen LogP contribution in [-0.4, -0.2) is 19.9 Å². The van der Waals surface area contributed by atoms with Crippen LogP contribution in [0.25, 0.3) is 10.9 Å². The van der Waals surface area contributed by atoms with Gasteiger partial charge in [0.2, 0.25) is 10.0 Å². The first-order valence-electron chi connectivity index (χ1n) is 7.12. The van der Waals surface area contributed by atoms with E-state index in [0.717, 1.165) is 0 Å². The fourth-order valence-electron chi connectivity index (χ4n) is 2.54. The molecule has 1 heterocycles. The lowest BCUT2D eigenvalue weighted by Gasteiger charge is -2.13. The van der Waals surface area contributed by atoms with Gasteiger partial charge in [0.15, 0.2) is 0 Å². The van der Waals surface area contributed by atoms with Gasteiger partial charge in [0.05, 0.1) is 5.52 Å². The maximum atomic E-state index is 12.5. The zero-order valence-corrected chi connectivity index (χ0v) is 12.7. The Morgan fingerprint density at radius 2 is 2.14 bits per heavy atom. The number of benzene rings is 1. The summed E-state index contributed by atoms with van der Waals surface area (Å²) >= 11 is 0. The first-order valence-corrected chi connectivity index (χ1v) is 8.60. The molecule has 1 aromatic carbocycles. The molecular formula is C15H19N3O2S. The van der Waals surface area contributed by atoms with E-state index >= 15 is 0 Å². The lowest BCUT2D eigenvalue weighted by molar-refractivity contribution is 0.492. The van der Waals surface area contributed by atoms with Crippen molar-refractivity contribution >= 4 is 26.6 Å². The molecule has 0 saturated heterocycles. The topological polar surface area (TPSA) is 85.1 Å². The fourth-order valence-corrected chi connectivity index (χ4v) is 3.84. The minimum absolute atomic E-state index is 0.190. The Morgan fingerprint density at radius 1 is 1.38 bits per heavy atom. The molecule has 1 aliphatic carbocycles. The van der Waals surface area contributed by atoms with Crippen LogP contribution in [0.15, 0.2) is 35.4 Å². The molecule has 1 unspecified atom stereocenters. The van der Waals surface area contributed by atoms with Crippen molar-refractivity contribution in [2.24, 2.45) is 11.8 Å². The Hall–Kier alpha value is -1.66. The third-order valence-electron chi connectivity index (χ3n) is 4.08. The molecule has 6 heteroatoms. The Morgan fingerprint density at radius 3 is 2.86 bits per heavy atom. The molecule has 112 valence electrons. The largest absolute Gasteiger partial charge is 0.398 e. The molecule has 3 rings (SSSR count). The summed E-state index contributed by atoms with van der Waals surface area (Å²) in [6, 6.07) is 6.67. The molecule has 2 aromatic rings. The zero-order valence-electron chi connectivity index (χ0n) is 11.9. The number of nitrogens with one attached hydrogen (secondary N) is 1. The number of pyridine rings is 1. The molecule has 0 amide bonds. The van der Waals surface area contributed by atoms with Gasteiger partial charge in [0.1, 0.15) is 4.90 Å². The second kappa shape index (κ2) is 5.27. The number of sulfonamides is 1. The molecular weight excluding hydrogens is 286 g/mol. The third kappa shape index (κ3) is 2.87. The van der Waals surface area contributed by atoms with E-state index in [4.69, 9.17) is 5.73 Å². The molecule has 1 atom stereocenters. The standard InChI is InChI=1S/C15H19N3O2S/c1-10(11-4-5-11)9-18-21(19,20)14-7-6-13(16)12-3-2-8-17-15(12)14/h2-3,6-8,10-11,18H,4-5,9,16H2,1H3. The quantitative estimate of drug-likeness (QED) is 0.829. The summed E-state index contributed by atoms with van der Waals surface area (Å²) < 4.78 is 27.7. The second-order valence-electron chi connectivity index (χ2n) is 5.72. The highest BCUT2D eigenvalue weighted by Gasteiger charge is 2.29. The molecule has 5 nitrogen and oxygen atoms in total. The Bertz CT molecular complexity index is 770. The fraction of sp³-hybridized carbons (Fsp3) is 0.400. The van der Waals surface area contributed by atoms with Crippen molar-refractivity contribution in [1.82, 2.24) is 9.71 Å². The minimum Gasteiger partial charge on any atom is -0.398 e. The zero-order chi connectivity index (χ0) is 15.0. The highest BCUT2D eigenvalue weighted by atomic mass is 32.2. The molecule has 1 aromatic heterocycles. The van der Waals surface area contributed by atoms with Crippen molar-refractivity contribution < 1.29 is 8.42 Å². The maximum Gasteiger partial charge on any atom is 0.242 e. The summed E-state index contributed by atoms with van der Waals surface area (Å²) in [5, 5.41) is 0.663. The van der Waals surface area contributed by atoms with Gasteiger partial charge in [-0.3, -0.25) is 4.98 Å². The molecule has 0 spiro atoms. The van der Waals surface area contributed by atoms with Gasteiger partial charge in [-0.05, 0) is 48.9 Å². The van der Waals surface area contributed by atoms with E-state index in [-0.39, 0.29) is 4.90 Å². The number of nitrogens with zero attached hydrogens (tertiary/aromatic N) is 1. The number of hydrogen-bond donors (Lipinski definition) is 2. The Kier molecular flexibility index (Phi) is 3.59. The van der Waals surface area contributed by atoms with Crippen molar-refractivity contribution in [3.63, 3.8) is 0 Å². The lowest BCUT2D eigenvalue weighted by atomic mass is 10.1. The van der Waals surface area contributed by atoms with Crippen LogP contribution in [0, 0.1) is 11.8 Å². The van der Waals surface area contributed by atoms with Crippen molar-refractivity contribution in [1.29, 1.82) is 0 Å². The molecule has 0 bridgehead atoms. The highest BCUT2D eigenvalue weighted by Crippen LogP contribution is 2.36. The molecule has 21 heavy (non-hydrogen) atoms. The number of nitrogens with two attached hydrogens (primary N) is 1. The summed E-state index contributed by atoms with van der Waals surface area (Å²) in [5.41, 5.74) is 6.83. The van der Waals surface area contributed by atoms with Crippen molar-refractivity contribution in [2.45, 2.75) is 24.7 Å². The average molecular weight is 305 g/mol. The summed E-state index contributed by atoms with van der Waals surface area (Å²) in [6.45, 7) is 2.55. The first-order chi connectivity index (χ1) is 9.99. The van der Waals surface area contributed by atoms with Gasteiger partial charge in [0, 0.05) is 23.8 Å². The van der Waals surface area contributed by atoms with Gasteiger partial charge in [0.25, 0.3) is 0 Å². The average Bonchev–Trinajstić information content (AvgIpc) is 3.30. The van der Waals surface area contributed by atoms with Gasteiger partial charge in [-0.1, -0.05) is 6.92 Å². The molecule has 1 aliphatic rings. The number of hydrogen-bond acceptors (Lipinski definition) is 4. The van der Waals surface area contributed by atoms with E-state index in [2.05, 4.69) is 16.6 Å². The molecule has 1 saturated carbocycles. The summed E-state index contributed by atoms with van der Waals surface area (Å²) in [4.78, 5) is 4.37. The van der Waals surface area contributed by atoms with Gasteiger partial charge < -0.3 is 5.73 Å². The molecule has 0 aliphatic heterocycles. The van der Waals surface area contributed by atoms with E-state index in [1.807, 2.05) is 0 Å². The van der Waals surface area contributed by atoms with Crippen LogP contribution >= 0.6 is 0 Å². The van der Waals surface area contributed by atoms with Crippen molar-refractivity contribution in [2.75, 3.05) is 12.3 Å². The maximum absolute atomic E-state index is 12.5. The Labute approximate surface area is 124 Å². The van der Waals surface area contributed by atoms with Crippen LogP contribution < -0.4 is 10.5 Å². The number of nitrogen functional groups attached to an aromatic ring is 1. The second-order valence-corrected chi connectivity index (χ2v) is 7.45. The van der Waals surface area contributed by atoms with E-state index in [9.17, 15) is 8.42 Å². The lowest BCUT2D eigenvalue weighted by Crippen LogP contribution is -2.29. The van der Waals surface area contributed by atoms with Gasteiger partial charge in [-0.2, -0.15) is 0 Å². The minimum atomic E-state index is -3.57. The summed E-state index contributed by atoms with van der Waals surface area (Å²) in [5.74, 6) is 1.03. The monoisotopic (exact) mass is 305 g/mol. The predicted molar refractivity (Wildman–Crippen MR) is 83.2 cm³/mol. The van der Waals surface area contributed by atoms with E-state index in [1.165, 1.54) is 18.9 Å². The van der Waals surface area contributed by atoms with E-state index in [1.54, 1.807) is 24.4 Å². The number of anilines is 1. The van der Waals surface area contributed by atoms with Crippen molar-refractivity contribution in [3.05, 3.63) is 30.5 Å². The summed E-state index contributed by atoms with van der Waals surface area (Å²) in [7, 11) is -3.57. The van der Waals surface area contributed by atoms with Crippen LogP contribution in [0.3, 0.4) is 0 Å². The van der Waals surface area contributed by atoms with Gasteiger partial charge in [-0.15, -0.1) is 0 Å². The van der Waals surface area contributed by atoms with E-state index in [0.29, 0.717) is 35.0 Å². The number of rotatable bonds is 5.